The number of nitrogens with two attached hydrogens (primary N) is 2. The molecule has 0 radical (unpaired) electrons. The summed E-state index contributed by atoms with van der Waals surface area (Å²) >= 11 is 0. The zero-order chi connectivity index (χ0) is 38.6. The van der Waals surface area contributed by atoms with Crippen molar-refractivity contribution in [2.75, 3.05) is 26.0 Å². The van der Waals surface area contributed by atoms with Crippen LogP contribution < -0.4 is 27.4 Å². The van der Waals surface area contributed by atoms with E-state index in [1.54, 1.807) is 7.05 Å². The van der Waals surface area contributed by atoms with E-state index in [4.69, 9.17) is 16.6 Å². The summed E-state index contributed by atoms with van der Waals surface area (Å²) in [6, 6.07) is 18.7. The van der Waals surface area contributed by atoms with Crippen molar-refractivity contribution in [1.29, 1.82) is 0 Å². The highest BCUT2D eigenvalue weighted by atomic mass is 16.2. The van der Waals surface area contributed by atoms with Gasteiger partial charge in [0.05, 0.1) is 17.4 Å². The molecular weight excluding hydrogens is 636 g/mol. The average molecular weight is 697 g/mol. The molecule has 0 spiro atoms. The van der Waals surface area contributed by atoms with Gasteiger partial charge in [-0.1, -0.05) is 88.4 Å². The normalized spacial score (nSPS) is 10.8. The molecule has 1 aromatic heterocycles. The molecule has 0 aliphatic carbocycles. The van der Waals surface area contributed by atoms with Gasteiger partial charge < -0.3 is 46.7 Å². The second-order valence-corrected chi connectivity index (χ2v) is 10.4. The fraction of sp³-hybridized carbons (Fsp3) is 0.447. The molecule has 278 valence electrons. The Morgan fingerprint density at radius 3 is 1.78 bits per heavy atom. The van der Waals surface area contributed by atoms with Crippen LogP contribution in [0.1, 0.15) is 90.7 Å². The minimum absolute atomic E-state index is 0.0263. The van der Waals surface area contributed by atoms with Gasteiger partial charge in [0.2, 0.25) is 11.8 Å². The lowest BCUT2D eigenvalue weighted by Crippen LogP contribution is -2.45. The number of amides is 3. The topological polar surface area (TPSA) is 199 Å². The van der Waals surface area contributed by atoms with Crippen LogP contribution in [0, 0.1) is 0 Å². The molecule has 2 atom stereocenters. The maximum absolute atomic E-state index is 13.6. The van der Waals surface area contributed by atoms with Crippen LogP contribution >= 0.6 is 0 Å². The van der Waals surface area contributed by atoms with Gasteiger partial charge in [-0.05, 0) is 50.8 Å². The fourth-order valence-corrected chi connectivity index (χ4v) is 4.85. The van der Waals surface area contributed by atoms with Crippen molar-refractivity contribution in [3.05, 3.63) is 66.4 Å². The number of hydrogen-bond acceptors (Lipinski definition) is 8. The molecule has 0 aliphatic rings. The first-order chi connectivity index (χ1) is 24.1. The van der Waals surface area contributed by atoms with Crippen LogP contribution in [-0.4, -0.2) is 72.8 Å². The number of anilines is 1. The minimum atomic E-state index is -0.790. The van der Waals surface area contributed by atoms with E-state index in [0.29, 0.717) is 49.9 Å². The fourth-order valence-electron chi connectivity index (χ4n) is 4.85. The number of benzene rings is 2. The van der Waals surface area contributed by atoms with E-state index < -0.39 is 18.0 Å². The summed E-state index contributed by atoms with van der Waals surface area (Å²) in [7, 11) is 2.80. The number of carbonyl (C=O) groups excluding carboxylic acids is 5. The number of aliphatic hydroxyl groups excluding tert-OH is 1. The lowest BCUT2D eigenvalue weighted by molar-refractivity contribution is -0.122. The Morgan fingerprint density at radius 2 is 1.38 bits per heavy atom. The zero-order valence-corrected chi connectivity index (χ0v) is 31.3. The molecule has 0 aliphatic heterocycles. The van der Waals surface area contributed by atoms with Crippen molar-refractivity contribution in [3.63, 3.8) is 0 Å². The molecule has 3 rings (SSSR count). The van der Waals surface area contributed by atoms with Gasteiger partial charge in [-0.3, -0.25) is 14.4 Å². The first-order valence-corrected chi connectivity index (χ1v) is 17.1. The van der Waals surface area contributed by atoms with E-state index in [1.165, 1.54) is 6.92 Å². The van der Waals surface area contributed by atoms with Gasteiger partial charge >= 0.3 is 0 Å². The largest absolute Gasteiger partial charge is 0.400 e. The van der Waals surface area contributed by atoms with E-state index >= 15 is 0 Å². The van der Waals surface area contributed by atoms with E-state index in [1.807, 2.05) is 107 Å². The predicted molar refractivity (Wildman–Crippen MR) is 204 cm³/mol. The summed E-state index contributed by atoms with van der Waals surface area (Å²) in [5, 5.41) is 15.5. The number of rotatable bonds is 15. The summed E-state index contributed by atoms with van der Waals surface area (Å²) < 4.78 is 2.03. The molecule has 1 heterocycles. The Balaban J connectivity index is 0. The second kappa shape index (κ2) is 28.1. The molecule has 3 aromatic rings. The van der Waals surface area contributed by atoms with Gasteiger partial charge in [0.25, 0.3) is 5.91 Å². The summed E-state index contributed by atoms with van der Waals surface area (Å²) in [4.78, 5) is 56.2. The van der Waals surface area contributed by atoms with E-state index in [0.717, 1.165) is 35.8 Å². The number of primary amides is 1. The quantitative estimate of drug-likeness (QED) is 0.118. The first-order valence-electron chi connectivity index (χ1n) is 17.1. The molecule has 8 N–H and O–H groups in total. The standard InChI is InChI=1S/C26H33N5O2.C7H11NO3.2C2H6.CH4O/c1-17(2)31-23(19-13-8-5-9-14-19)21(18-11-6-4-7-12-18)22(29-3)24(31)26(33)30-20(25(28)32)15-10-16-27;1-6(11)8-7(5-10)3-2-4-9;3*1-2/h4-9,11-14,17,20,29H,10,15-16,27H2,1-3H3,(H2,28,32)(H,30,33);4-5,7H,2-3H2,1H3,(H,8,11);2*1-2H3;2H,1H3. The zero-order valence-electron chi connectivity index (χ0n) is 31.3. The average Bonchev–Trinajstić information content (AvgIpc) is 3.51. The Hall–Kier alpha value is -4.81. The Labute approximate surface area is 298 Å². The highest BCUT2D eigenvalue weighted by molar-refractivity contribution is 6.07. The number of aromatic nitrogens is 1. The van der Waals surface area contributed by atoms with Crippen LogP contribution in [0.15, 0.2) is 60.7 Å². The number of nitrogens with zero attached hydrogens (tertiary/aromatic N) is 1. The summed E-state index contributed by atoms with van der Waals surface area (Å²) in [6.45, 7) is 13.8. The lowest BCUT2D eigenvalue weighted by Gasteiger charge is -2.20. The van der Waals surface area contributed by atoms with Gasteiger partial charge in [-0.15, -0.1) is 0 Å². The highest BCUT2D eigenvalue weighted by Gasteiger charge is 2.31. The summed E-state index contributed by atoms with van der Waals surface area (Å²) in [6.07, 6.45) is 3.01. The van der Waals surface area contributed by atoms with Crippen molar-refractivity contribution < 1.29 is 29.1 Å². The Kier molecular flexibility index (Phi) is 26.6. The molecule has 12 nitrogen and oxygen atoms in total. The number of aldehydes is 2. The maximum atomic E-state index is 13.6. The van der Waals surface area contributed by atoms with Gasteiger partial charge in [-0.25, -0.2) is 0 Å². The van der Waals surface area contributed by atoms with Gasteiger partial charge in [0, 0.05) is 39.1 Å². The van der Waals surface area contributed by atoms with E-state index in [-0.39, 0.29) is 17.9 Å². The molecular formula is C38H60N6O6. The monoisotopic (exact) mass is 696 g/mol. The molecule has 0 saturated carbocycles. The second-order valence-electron chi connectivity index (χ2n) is 10.4. The van der Waals surface area contributed by atoms with Crippen LogP contribution in [0.25, 0.3) is 22.4 Å². The van der Waals surface area contributed by atoms with E-state index in [2.05, 4.69) is 16.0 Å². The molecule has 0 bridgehead atoms. The first kappa shape index (κ1) is 47.3. The molecule has 12 heteroatoms. The molecule has 0 fully saturated rings. The Bertz CT molecular complexity index is 1390. The molecule has 2 aromatic carbocycles. The third-order valence-electron chi connectivity index (χ3n) is 6.79. The van der Waals surface area contributed by atoms with Crippen molar-refractivity contribution in [1.82, 2.24) is 15.2 Å². The van der Waals surface area contributed by atoms with Crippen molar-refractivity contribution in [2.24, 2.45) is 11.5 Å². The highest BCUT2D eigenvalue weighted by Crippen LogP contribution is 2.44. The number of hydrogen-bond donors (Lipinski definition) is 6. The van der Waals surface area contributed by atoms with Crippen molar-refractivity contribution >= 4 is 36.0 Å². The summed E-state index contributed by atoms with van der Waals surface area (Å²) in [5.41, 5.74) is 16.2. The van der Waals surface area contributed by atoms with Crippen LogP contribution in [0.4, 0.5) is 5.69 Å². The van der Waals surface area contributed by atoms with Crippen LogP contribution in [0.3, 0.4) is 0 Å². The SMILES string of the molecule is CC.CC.CC(=O)NC(C=O)CCC=O.CNc1c(-c2ccccc2)c(-c2ccccc2)n(C(C)C)c1C(=O)NC(CCCN)C(N)=O.CO. The molecule has 2 unspecified atom stereocenters. The molecule has 0 saturated heterocycles. The molecule has 3 amide bonds. The van der Waals surface area contributed by atoms with Crippen molar-refractivity contribution in [2.45, 2.75) is 92.3 Å². The summed E-state index contributed by atoms with van der Waals surface area (Å²) in [5.74, 6) is -1.18. The van der Waals surface area contributed by atoms with Gasteiger partial charge in [-0.2, -0.15) is 0 Å². The smallest absolute Gasteiger partial charge is 0.270 e. The van der Waals surface area contributed by atoms with Gasteiger partial charge in [0.1, 0.15) is 24.3 Å². The number of carbonyl (C=O) groups is 5. The minimum Gasteiger partial charge on any atom is -0.400 e. The van der Waals surface area contributed by atoms with Crippen LogP contribution in [0.2, 0.25) is 0 Å². The number of nitrogens with one attached hydrogen (secondary N) is 3. The van der Waals surface area contributed by atoms with E-state index in [9.17, 15) is 24.0 Å². The molecule has 50 heavy (non-hydrogen) atoms. The third kappa shape index (κ3) is 15.2. The van der Waals surface area contributed by atoms with Crippen LogP contribution in [-0.2, 0) is 19.2 Å². The maximum Gasteiger partial charge on any atom is 0.270 e. The van der Waals surface area contributed by atoms with Crippen molar-refractivity contribution in [3.8, 4) is 22.4 Å². The predicted octanol–water partition coefficient (Wildman–Crippen LogP) is 5.10. The lowest BCUT2D eigenvalue weighted by atomic mass is 9.99. The Morgan fingerprint density at radius 1 is 0.860 bits per heavy atom. The third-order valence-corrected chi connectivity index (χ3v) is 6.79. The van der Waals surface area contributed by atoms with Crippen LogP contribution in [0.5, 0.6) is 0 Å². The number of aliphatic hydroxyl groups is 1. The van der Waals surface area contributed by atoms with Gasteiger partial charge in [0.15, 0.2) is 0 Å².